The molecule has 13 heteroatoms. The number of aromatic hydroxyl groups is 1. The number of phenolic OH excluding ortho intramolecular Hbond substituents is 1. The lowest BCUT2D eigenvalue weighted by Crippen LogP contribution is -2.28. The summed E-state index contributed by atoms with van der Waals surface area (Å²) >= 11 is 0. The summed E-state index contributed by atoms with van der Waals surface area (Å²) in [6, 6.07) is 13.5. The Morgan fingerprint density at radius 2 is 1.55 bits per heavy atom. The van der Waals surface area contributed by atoms with Crippen molar-refractivity contribution >= 4 is 11.8 Å². The highest BCUT2D eigenvalue weighted by Gasteiger charge is 2.28. The molecule has 218 valence electrons. The molecule has 0 aliphatic rings. The average molecular weight is 581 g/mol. The Balaban J connectivity index is 1.85. The Bertz CT molecular complexity index is 1690. The molecule has 7 N–H and O–H groups in total. The predicted octanol–water partition coefficient (Wildman–Crippen LogP) is 5.63. The van der Waals surface area contributed by atoms with Crippen LogP contribution in [0.2, 0.25) is 0 Å². The second kappa shape index (κ2) is 11.6. The van der Waals surface area contributed by atoms with Gasteiger partial charge in [-0.3, -0.25) is 5.41 Å². The molecule has 42 heavy (non-hydrogen) atoms. The van der Waals surface area contributed by atoms with Crippen LogP contribution in [0.4, 0.5) is 8.78 Å². The van der Waals surface area contributed by atoms with Crippen LogP contribution in [0.1, 0.15) is 35.3 Å². The van der Waals surface area contributed by atoms with Crippen LogP contribution in [0.5, 0.6) is 46.3 Å². The Labute approximate surface area is 238 Å². The van der Waals surface area contributed by atoms with Crippen molar-refractivity contribution in [2.24, 2.45) is 11.5 Å². The van der Waals surface area contributed by atoms with Crippen LogP contribution in [0.3, 0.4) is 0 Å². The van der Waals surface area contributed by atoms with E-state index in [2.05, 4.69) is 4.98 Å². The molecule has 1 heterocycles. The first kappa shape index (κ1) is 29.6. The molecule has 0 atom stereocenters. The van der Waals surface area contributed by atoms with Gasteiger partial charge in [0.1, 0.15) is 11.6 Å². The Morgan fingerprint density at radius 1 is 0.905 bits per heavy atom. The van der Waals surface area contributed by atoms with E-state index in [1.807, 2.05) is 0 Å². The summed E-state index contributed by atoms with van der Waals surface area (Å²) in [5.41, 5.74) is 11.5. The molecule has 0 spiro atoms. The summed E-state index contributed by atoms with van der Waals surface area (Å²) in [4.78, 5) is 15.2. The van der Waals surface area contributed by atoms with Gasteiger partial charge in [0.05, 0.1) is 12.7 Å². The van der Waals surface area contributed by atoms with Gasteiger partial charge in [-0.05, 0) is 67.9 Å². The lowest BCUT2D eigenvalue weighted by atomic mass is 9.96. The van der Waals surface area contributed by atoms with Gasteiger partial charge < -0.3 is 40.6 Å². The second-order valence-electron chi connectivity index (χ2n) is 9.50. The summed E-state index contributed by atoms with van der Waals surface area (Å²) < 4.78 is 53.4. The molecule has 4 aromatic rings. The summed E-state index contributed by atoms with van der Waals surface area (Å²) in [5, 5.41) is 27.2. The molecule has 0 bridgehead atoms. The first-order valence-electron chi connectivity index (χ1n) is 12.2. The number of ether oxygens (including phenoxy) is 4. The highest BCUT2D eigenvalue weighted by molar-refractivity contribution is 5.95. The van der Waals surface area contributed by atoms with Crippen molar-refractivity contribution < 1.29 is 42.7 Å². The number of phenols is 1. The van der Waals surface area contributed by atoms with Crippen LogP contribution < -0.4 is 30.4 Å². The van der Waals surface area contributed by atoms with Crippen molar-refractivity contribution in [2.75, 3.05) is 7.11 Å². The third kappa shape index (κ3) is 6.31. The number of carbonyl (C=O) groups is 1. The Morgan fingerprint density at radius 3 is 2.17 bits per heavy atom. The second-order valence-corrected chi connectivity index (χ2v) is 9.50. The van der Waals surface area contributed by atoms with Gasteiger partial charge in [-0.1, -0.05) is 12.1 Å². The number of aromatic carboxylic acids is 1. The van der Waals surface area contributed by atoms with Gasteiger partial charge >= 0.3 is 5.97 Å². The van der Waals surface area contributed by atoms with Crippen molar-refractivity contribution in [3.05, 3.63) is 89.0 Å². The predicted molar refractivity (Wildman–Crippen MR) is 147 cm³/mol. The van der Waals surface area contributed by atoms with E-state index in [1.54, 1.807) is 32.0 Å². The van der Waals surface area contributed by atoms with E-state index in [0.29, 0.717) is 5.56 Å². The number of hydrogen-bond acceptors (Lipinski definition) is 9. The average Bonchev–Trinajstić information content (AvgIpc) is 2.94. The number of amidine groups is 1. The molecule has 1 aromatic heterocycles. The molecule has 0 amide bonds. The van der Waals surface area contributed by atoms with Crippen molar-refractivity contribution in [2.45, 2.75) is 19.4 Å². The molecule has 0 saturated carbocycles. The van der Waals surface area contributed by atoms with E-state index in [4.69, 9.17) is 35.8 Å². The molecular formula is C29H26F2N4O7. The maximum absolute atomic E-state index is 15.8. The normalized spacial score (nSPS) is 11.1. The first-order valence-corrected chi connectivity index (χ1v) is 12.2. The number of benzene rings is 3. The van der Waals surface area contributed by atoms with Crippen LogP contribution in [0.25, 0.3) is 0 Å². The quantitative estimate of drug-likeness (QED) is 0.116. The van der Waals surface area contributed by atoms with Gasteiger partial charge in [-0.25, -0.2) is 4.79 Å². The monoisotopic (exact) mass is 580 g/mol. The molecular weight excluding hydrogens is 554 g/mol. The summed E-state index contributed by atoms with van der Waals surface area (Å²) in [6.45, 7) is 3.51. The molecule has 0 radical (unpaired) electrons. The Kier molecular flexibility index (Phi) is 8.15. The van der Waals surface area contributed by atoms with Crippen LogP contribution in [0, 0.1) is 17.0 Å². The molecule has 0 fully saturated rings. The minimum Gasteiger partial charge on any atom is -0.504 e. The van der Waals surface area contributed by atoms with E-state index < -0.39 is 46.4 Å². The topological polar surface area (TPSA) is 183 Å². The van der Waals surface area contributed by atoms with Gasteiger partial charge in [0.25, 0.3) is 11.8 Å². The number of nitrogens with one attached hydrogen (secondary N) is 1. The maximum Gasteiger partial charge on any atom is 0.335 e. The zero-order valence-electron chi connectivity index (χ0n) is 22.6. The number of halogens is 2. The molecule has 0 saturated heterocycles. The standard InChI is InChI=1S/C29H26F2N4O7/c1-29(2,34)16-5-4-6-17(13-16)40-26-22(30)24(41-19-10-8-15(28(37)38)12-21(19)39-3)23(31)27(35-26)42-20-11-14(25(32)33)7-9-18(20)36/h4-13,36H,34H2,1-3H3,(H3,32,33)(H,37,38). The minimum atomic E-state index is -1.44. The minimum absolute atomic E-state index is 0.103. The number of carboxylic acids is 1. The maximum atomic E-state index is 15.8. The zero-order chi connectivity index (χ0) is 30.8. The van der Waals surface area contributed by atoms with Crippen LogP contribution >= 0.6 is 0 Å². The first-order chi connectivity index (χ1) is 19.8. The SMILES string of the molecule is COc1cc(C(=O)O)ccc1Oc1c(F)c(Oc2cccc(C(C)(C)N)c2)nc(Oc2cc(C(=N)N)ccc2O)c1F. The smallest absolute Gasteiger partial charge is 0.335 e. The van der Waals surface area contributed by atoms with E-state index in [9.17, 15) is 15.0 Å². The Hall–Kier alpha value is -5.43. The highest BCUT2D eigenvalue weighted by atomic mass is 19.1. The number of nitrogen functional groups attached to an aromatic ring is 1. The zero-order valence-corrected chi connectivity index (χ0v) is 22.6. The van der Waals surface area contributed by atoms with E-state index in [-0.39, 0.29) is 40.0 Å². The molecule has 3 aromatic carbocycles. The molecule has 4 rings (SSSR count). The summed E-state index contributed by atoms with van der Waals surface area (Å²) in [6.07, 6.45) is 0. The molecule has 0 aliphatic carbocycles. The van der Waals surface area contributed by atoms with Crippen molar-refractivity contribution in [1.29, 1.82) is 5.41 Å². The number of nitrogens with two attached hydrogens (primary N) is 2. The van der Waals surface area contributed by atoms with Gasteiger partial charge in [-0.15, -0.1) is 0 Å². The van der Waals surface area contributed by atoms with E-state index >= 15 is 8.78 Å². The molecule has 11 nitrogen and oxygen atoms in total. The van der Waals surface area contributed by atoms with Crippen LogP contribution in [-0.4, -0.2) is 34.1 Å². The number of carboxylic acid groups (broad SMARTS) is 1. The van der Waals surface area contributed by atoms with Crippen molar-refractivity contribution in [1.82, 2.24) is 4.98 Å². The lowest BCUT2D eigenvalue weighted by molar-refractivity contribution is 0.0696. The van der Waals surface area contributed by atoms with E-state index in [1.165, 1.54) is 19.2 Å². The van der Waals surface area contributed by atoms with Gasteiger partial charge in [0, 0.05) is 11.1 Å². The number of nitrogens with zero attached hydrogens (tertiary/aromatic N) is 1. The number of rotatable bonds is 10. The number of methoxy groups -OCH3 is 1. The van der Waals surface area contributed by atoms with Crippen LogP contribution in [-0.2, 0) is 5.54 Å². The fourth-order valence-electron chi connectivity index (χ4n) is 3.64. The number of hydrogen-bond donors (Lipinski definition) is 5. The van der Waals surface area contributed by atoms with Gasteiger partial charge in [0.15, 0.2) is 23.0 Å². The third-order valence-corrected chi connectivity index (χ3v) is 5.87. The number of aromatic nitrogens is 1. The van der Waals surface area contributed by atoms with Crippen molar-refractivity contribution in [3.63, 3.8) is 0 Å². The fourth-order valence-corrected chi connectivity index (χ4v) is 3.64. The van der Waals surface area contributed by atoms with Gasteiger partial charge in [0.2, 0.25) is 17.4 Å². The fraction of sp³-hybridized carbons (Fsp3) is 0.138. The summed E-state index contributed by atoms with van der Waals surface area (Å²) in [5.74, 6) is -8.19. The largest absolute Gasteiger partial charge is 0.504 e. The van der Waals surface area contributed by atoms with Gasteiger partial charge in [-0.2, -0.15) is 13.8 Å². The third-order valence-electron chi connectivity index (χ3n) is 5.87. The van der Waals surface area contributed by atoms with E-state index in [0.717, 1.165) is 30.3 Å². The highest BCUT2D eigenvalue weighted by Crippen LogP contribution is 2.43. The molecule has 0 aliphatic heterocycles. The molecule has 0 unspecified atom stereocenters. The summed E-state index contributed by atoms with van der Waals surface area (Å²) in [7, 11) is 1.22. The van der Waals surface area contributed by atoms with Crippen LogP contribution in [0.15, 0.2) is 60.7 Å². The number of pyridine rings is 1. The van der Waals surface area contributed by atoms with Crippen molar-refractivity contribution in [3.8, 4) is 46.3 Å². The lowest BCUT2D eigenvalue weighted by Gasteiger charge is -2.20.